The Kier molecular flexibility index (Phi) is 3.81. The molecule has 0 aliphatic heterocycles. The molecule has 84 valence electrons. The lowest BCUT2D eigenvalue weighted by atomic mass is 10.2. The van der Waals surface area contributed by atoms with Crippen LogP contribution in [0.15, 0.2) is 0 Å². The van der Waals surface area contributed by atoms with Gasteiger partial charge in [0.1, 0.15) is 12.4 Å². The normalized spacial score (nSPS) is 10.6. The molecule has 15 heavy (non-hydrogen) atoms. The number of hydrogen-bond donors (Lipinski definition) is 1. The SMILES string of the molecule is COCOCc1c(C(=O)O)c(C)nn1C. The van der Waals surface area contributed by atoms with Crippen molar-refractivity contribution in [1.29, 1.82) is 0 Å². The molecular formula is C9H14N2O4. The molecule has 0 bridgehead atoms. The molecule has 0 saturated heterocycles. The lowest BCUT2D eigenvalue weighted by Crippen LogP contribution is -2.08. The smallest absolute Gasteiger partial charge is 0.339 e. The van der Waals surface area contributed by atoms with Gasteiger partial charge in [0.15, 0.2) is 0 Å². The molecule has 1 N–H and O–H groups in total. The van der Waals surface area contributed by atoms with Crippen molar-refractivity contribution in [1.82, 2.24) is 9.78 Å². The van der Waals surface area contributed by atoms with E-state index in [1.807, 2.05) is 0 Å². The summed E-state index contributed by atoms with van der Waals surface area (Å²) in [7, 11) is 3.19. The number of carbonyl (C=O) groups is 1. The fraction of sp³-hybridized carbons (Fsp3) is 0.556. The zero-order valence-electron chi connectivity index (χ0n) is 8.98. The van der Waals surface area contributed by atoms with Crippen molar-refractivity contribution in [2.75, 3.05) is 13.9 Å². The number of aromatic carboxylic acids is 1. The Bertz CT molecular complexity index is 359. The van der Waals surface area contributed by atoms with E-state index in [-0.39, 0.29) is 19.0 Å². The molecule has 0 amide bonds. The van der Waals surface area contributed by atoms with Crippen LogP contribution in [0.25, 0.3) is 0 Å². The van der Waals surface area contributed by atoms with Gasteiger partial charge in [-0.2, -0.15) is 5.10 Å². The maximum Gasteiger partial charge on any atom is 0.339 e. The van der Waals surface area contributed by atoms with Crippen LogP contribution in [0.5, 0.6) is 0 Å². The van der Waals surface area contributed by atoms with Gasteiger partial charge >= 0.3 is 5.97 Å². The minimum absolute atomic E-state index is 0.128. The predicted molar refractivity (Wildman–Crippen MR) is 51.6 cm³/mol. The van der Waals surface area contributed by atoms with E-state index in [0.29, 0.717) is 11.4 Å². The van der Waals surface area contributed by atoms with Gasteiger partial charge in [0.25, 0.3) is 0 Å². The average Bonchev–Trinajstić information content (AvgIpc) is 2.42. The molecule has 1 aromatic heterocycles. The molecule has 0 fully saturated rings. The average molecular weight is 214 g/mol. The molecule has 0 aromatic carbocycles. The number of carboxylic acid groups (broad SMARTS) is 1. The van der Waals surface area contributed by atoms with Crippen LogP contribution in [0.4, 0.5) is 0 Å². The fourth-order valence-electron chi connectivity index (χ4n) is 1.37. The van der Waals surface area contributed by atoms with Gasteiger partial charge in [-0.25, -0.2) is 4.79 Å². The van der Waals surface area contributed by atoms with Crippen LogP contribution in [-0.4, -0.2) is 34.8 Å². The molecule has 0 saturated carbocycles. The van der Waals surface area contributed by atoms with E-state index in [2.05, 4.69) is 5.10 Å². The van der Waals surface area contributed by atoms with Gasteiger partial charge in [-0.3, -0.25) is 4.68 Å². The van der Waals surface area contributed by atoms with Crippen LogP contribution in [0.3, 0.4) is 0 Å². The Hall–Kier alpha value is -1.40. The summed E-state index contributed by atoms with van der Waals surface area (Å²) in [6.45, 7) is 1.96. The Morgan fingerprint density at radius 3 is 2.80 bits per heavy atom. The number of ether oxygens (including phenoxy) is 2. The number of carboxylic acids is 1. The molecule has 0 spiro atoms. The minimum atomic E-state index is -0.989. The molecule has 6 heteroatoms. The fourth-order valence-corrected chi connectivity index (χ4v) is 1.37. The van der Waals surface area contributed by atoms with Crippen molar-refractivity contribution in [3.8, 4) is 0 Å². The van der Waals surface area contributed by atoms with Crippen LogP contribution in [0.2, 0.25) is 0 Å². The Morgan fingerprint density at radius 1 is 1.60 bits per heavy atom. The maximum atomic E-state index is 10.9. The first-order valence-electron chi connectivity index (χ1n) is 4.40. The molecule has 0 aliphatic carbocycles. The van der Waals surface area contributed by atoms with Crippen molar-refractivity contribution in [2.24, 2.45) is 7.05 Å². The van der Waals surface area contributed by atoms with E-state index in [1.165, 1.54) is 11.8 Å². The predicted octanol–water partition coefficient (Wildman–Crippen LogP) is 0.547. The highest BCUT2D eigenvalue weighted by Gasteiger charge is 2.19. The Morgan fingerprint density at radius 2 is 2.27 bits per heavy atom. The van der Waals surface area contributed by atoms with Crippen molar-refractivity contribution in [2.45, 2.75) is 13.5 Å². The molecule has 0 unspecified atom stereocenters. The Balaban J connectivity index is 2.89. The van der Waals surface area contributed by atoms with Gasteiger partial charge in [0, 0.05) is 14.2 Å². The first kappa shape index (κ1) is 11.7. The standard InChI is InChI=1S/C9H14N2O4/c1-6-8(9(12)13)7(11(2)10-6)4-15-5-14-3/h4-5H2,1-3H3,(H,12,13). The van der Waals surface area contributed by atoms with E-state index in [9.17, 15) is 4.79 Å². The monoisotopic (exact) mass is 214 g/mol. The molecule has 1 heterocycles. The molecule has 1 rings (SSSR count). The molecule has 0 aliphatic rings. The summed E-state index contributed by atoms with van der Waals surface area (Å²) in [5.41, 5.74) is 1.23. The van der Waals surface area contributed by atoms with E-state index in [0.717, 1.165) is 0 Å². The summed E-state index contributed by atoms with van der Waals surface area (Å²) in [5.74, 6) is -0.989. The van der Waals surface area contributed by atoms with Crippen LogP contribution in [0, 0.1) is 6.92 Å². The van der Waals surface area contributed by atoms with Gasteiger partial charge in [-0.1, -0.05) is 0 Å². The maximum absolute atomic E-state index is 10.9. The van der Waals surface area contributed by atoms with Crippen LogP contribution >= 0.6 is 0 Å². The second-order valence-corrected chi connectivity index (χ2v) is 3.09. The third-order valence-corrected chi connectivity index (χ3v) is 1.99. The van der Waals surface area contributed by atoms with Gasteiger partial charge in [0.2, 0.25) is 0 Å². The molecule has 0 radical (unpaired) electrons. The van der Waals surface area contributed by atoms with E-state index in [1.54, 1.807) is 14.0 Å². The van der Waals surface area contributed by atoms with Crippen molar-refractivity contribution in [3.05, 3.63) is 17.0 Å². The number of methoxy groups -OCH3 is 1. The topological polar surface area (TPSA) is 73.6 Å². The highest BCUT2D eigenvalue weighted by atomic mass is 16.7. The molecule has 6 nitrogen and oxygen atoms in total. The first-order valence-corrected chi connectivity index (χ1v) is 4.40. The lowest BCUT2D eigenvalue weighted by Gasteiger charge is -2.04. The van der Waals surface area contributed by atoms with Crippen molar-refractivity contribution >= 4 is 5.97 Å². The van der Waals surface area contributed by atoms with Crippen molar-refractivity contribution < 1.29 is 19.4 Å². The largest absolute Gasteiger partial charge is 0.478 e. The van der Waals surface area contributed by atoms with Gasteiger partial charge in [0.05, 0.1) is 18.0 Å². The Labute approximate surface area is 87.4 Å². The van der Waals surface area contributed by atoms with Gasteiger partial charge in [-0.05, 0) is 6.92 Å². The second kappa shape index (κ2) is 4.90. The second-order valence-electron chi connectivity index (χ2n) is 3.09. The number of nitrogens with zero attached hydrogens (tertiary/aromatic N) is 2. The molecular weight excluding hydrogens is 200 g/mol. The molecule has 0 atom stereocenters. The summed E-state index contributed by atoms with van der Waals surface area (Å²) in [5, 5.41) is 13.0. The highest BCUT2D eigenvalue weighted by Crippen LogP contribution is 2.13. The summed E-state index contributed by atoms with van der Waals surface area (Å²) in [4.78, 5) is 10.9. The zero-order chi connectivity index (χ0) is 11.4. The summed E-state index contributed by atoms with van der Waals surface area (Å²) < 4.78 is 11.3. The van der Waals surface area contributed by atoms with E-state index in [4.69, 9.17) is 14.6 Å². The number of aromatic nitrogens is 2. The first-order chi connectivity index (χ1) is 7.07. The van der Waals surface area contributed by atoms with Crippen molar-refractivity contribution in [3.63, 3.8) is 0 Å². The lowest BCUT2D eigenvalue weighted by molar-refractivity contribution is -0.0411. The third kappa shape index (κ3) is 2.54. The summed E-state index contributed by atoms with van der Waals surface area (Å²) >= 11 is 0. The number of aryl methyl sites for hydroxylation is 2. The minimum Gasteiger partial charge on any atom is -0.478 e. The van der Waals surface area contributed by atoms with Gasteiger partial charge in [-0.15, -0.1) is 0 Å². The third-order valence-electron chi connectivity index (χ3n) is 1.99. The highest BCUT2D eigenvalue weighted by molar-refractivity contribution is 5.90. The van der Waals surface area contributed by atoms with Gasteiger partial charge < -0.3 is 14.6 Å². The summed E-state index contributed by atoms with van der Waals surface area (Å²) in [6.07, 6.45) is 0. The summed E-state index contributed by atoms with van der Waals surface area (Å²) in [6, 6.07) is 0. The number of hydrogen-bond acceptors (Lipinski definition) is 4. The van der Waals surface area contributed by atoms with Crippen LogP contribution in [-0.2, 0) is 23.1 Å². The van der Waals surface area contributed by atoms with Crippen LogP contribution < -0.4 is 0 Å². The quantitative estimate of drug-likeness (QED) is 0.572. The van der Waals surface area contributed by atoms with E-state index >= 15 is 0 Å². The zero-order valence-corrected chi connectivity index (χ0v) is 8.98. The van der Waals surface area contributed by atoms with Crippen LogP contribution in [0.1, 0.15) is 21.7 Å². The molecule has 1 aromatic rings. The van der Waals surface area contributed by atoms with E-state index < -0.39 is 5.97 Å². The number of rotatable bonds is 5.